The predicted molar refractivity (Wildman–Crippen MR) is 82.3 cm³/mol. The number of nitrogens with one attached hydrogen (secondary N) is 1. The Labute approximate surface area is 123 Å². The quantitative estimate of drug-likeness (QED) is 0.917. The van der Waals surface area contributed by atoms with Crippen LogP contribution in [0.3, 0.4) is 0 Å². The van der Waals surface area contributed by atoms with Crippen LogP contribution in [-0.2, 0) is 6.54 Å². The highest BCUT2D eigenvalue weighted by Crippen LogP contribution is 2.19. The van der Waals surface area contributed by atoms with Crippen molar-refractivity contribution in [3.8, 4) is 0 Å². The standard InChI is InChI=1S/C15H18ClN3O/c1-3-8-19-9-7-17-14(15(19)20)18-11(2)12-5-4-6-13(16)10-12/h4-7,9-11H,3,8H2,1-2H3,(H,17,18). The summed E-state index contributed by atoms with van der Waals surface area (Å²) in [6.45, 7) is 4.71. The highest BCUT2D eigenvalue weighted by Gasteiger charge is 2.10. The first-order valence-electron chi connectivity index (χ1n) is 6.69. The summed E-state index contributed by atoms with van der Waals surface area (Å²) < 4.78 is 1.67. The van der Waals surface area contributed by atoms with Crippen molar-refractivity contribution < 1.29 is 0 Å². The Bertz CT molecular complexity index is 639. The van der Waals surface area contributed by atoms with E-state index in [0.29, 0.717) is 17.4 Å². The molecule has 1 unspecified atom stereocenters. The van der Waals surface area contributed by atoms with Crippen molar-refractivity contribution in [2.75, 3.05) is 5.32 Å². The zero-order chi connectivity index (χ0) is 14.5. The fourth-order valence-electron chi connectivity index (χ4n) is 2.03. The van der Waals surface area contributed by atoms with E-state index in [1.807, 2.05) is 38.1 Å². The van der Waals surface area contributed by atoms with E-state index in [2.05, 4.69) is 10.3 Å². The van der Waals surface area contributed by atoms with E-state index in [9.17, 15) is 4.79 Å². The van der Waals surface area contributed by atoms with Gasteiger partial charge in [0, 0.05) is 24.0 Å². The van der Waals surface area contributed by atoms with Crippen molar-refractivity contribution in [2.24, 2.45) is 0 Å². The summed E-state index contributed by atoms with van der Waals surface area (Å²) in [7, 11) is 0. The minimum Gasteiger partial charge on any atom is -0.359 e. The molecule has 2 aromatic rings. The van der Waals surface area contributed by atoms with Gasteiger partial charge < -0.3 is 9.88 Å². The molecular weight excluding hydrogens is 274 g/mol. The third kappa shape index (κ3) is 3.39. The van der Waals surface area contributed by atoms with Gasteiger partial charge in [0.15, 0.2) is 5.82 Å². The van der Waals surface area contributed by atoms with Crippen LogP contribution in [0.15, 0.2) is 41.5 Å². The van der Waals surface area contributed by atoms with Crippen molar-refractivity contribution >= 4 is 17.4 Å². The number of hydrogen-bond donors (Lipinski definition) is 1. The molecule has 0 amide bonds. The van der Waals surface area contributed by atoms with Gasteiger partial charge >= 0.3 is 0 Å². The van der Waals surface area contributed by atoms with E-state index in [1.165, 1.54) is 0 Å². The molecule has 0 spiro atoms. The molecule has 0 saturated heterocycles. The smallest absolute Gasteiger partial charge is 0.293 e. The Kier molecular flexibility index (Phi) is 4.79. The summed E-state index contributed by atoms with van der Waals surface area (Å²) in [5, 5.41) is 3.83. The molecule has 20 heavy (non-hydrogen) atoms. The predicted octanol–water partition coefficient (Wildman–Crippen LogP) is 3.48. The van der Waals surface area contributed by atoms with Crippen LogP contribution in [0.2, 0.25) is 5.02 Å². The van der Waals surface area contributed by atoms with Crippen molar-refractivity contribution in [1.29, 1.82) is 0 Å². The normalized spacial score (nSPS) is 12.2. The summed E-state index contributed by atoms with van der Waals surface area (Å²) in [6, 6.07) is 7.53. The molecule has 0 aliphatic heterocycles. The van der Waals surface area contributed by atoms with Crippen LogP contribution < -0.4 is 10.9 Å². The molecule has 1 atom stereocenters. The van der Waals surface area contributed by atoms with Gasteiger partial charge in [0.2, 0.25) is 0 Å². The molecule has 1 aromatic heterocycles. The molecule has 0 aliphatic rings. The second-order valence-electron chi connectivity index (χ2n) is 4.70. The maximum Gasteiger partial charge on any atom is 0.293 e. The van der Waals surface area contributed by atoms with Crippen molar-refractivity contribution in [2.45, 2.75) is 32.9 Å². The molecule has 4 nitrogen and oxygen atoms in total. The topological polar surface area (TPSA) is 46.9 Å². The molecule has 1 heterocycles. The number of benzene rings is 1. The SMILES string of the molecule is CCCn1ccnc(NC(C)c2cccc(Cl)c2)c1=O. The van der Waals surface area contributed by atoms with Crippen LogP contribution in [0.1, 0.15) is 31.9 Å². The van der Waals surface area contributed by atoms with E-state index in [4.69, 9.17) is 11.6 Å². The lowest BCUT2D eigenvalue weighted by Gasteiger charge is -2.15. The molecule has 1 aromatic carbocycles. The number of halogens is 1. The van der Waals surface area contributed by atoms with Gasteiger partial charge in [0.25, 0.3) is 5.56 Å². The number of hydrogen-bond acceptors (Lipinski definition) is 3. The lowest BCUT2D eigenvalue weighted by Crippen LogP contribution is -2.25. The monoisotopic (exact) mass is 291 g/mol. The number of nitrogens with zero attached hydrogens (tertiary/aromatic N) is 2. The maximum atomic E-state index is 12.2. The summed E-state index contributed by atoms with van der Waals surface area (Å²) in [6.07, 6.45) is 4.26. The number of rotatable bonds is 5. The fourth-order valence-corrected chi connectivity index (χ4v) is 2.23. The summed E-state index contributed by atoms with van der Waals surface area (Å²) in [4.78, 5) is 16.3. The van der Waals surface area contributed by atoms with Crippen molar-refractivity contribution in [3.63, 3.8) is 0 Å². The maximum absolute atomic E-state index is 12.2. The first-order chi connectivity index (χ1) is 9.61. The van der Waals surface area contributed by atoms with Crippen LogP contribution in [0, 0.1) is 0 Å². The fraction of sp³-hybridized carbons (Fsp3) is 0.333. The Morgan fingerprint density at radius 3 is 2.95 bits per heavy atom. The van der Waals surface area contributed by atoms with Gasteiger partial charge in [-0.2, -0.15) is 0 Å². The molecule has 0 fully saturated rings. The number of anilines is 1. The minimum atomic E-state index is -0.0942. The first-order valence-corrected chi connectivity index (χ1v) is 7.07. The van der Waals surface area contributed by atoms with Crippen LogP contribution in [0.5, 0.6) is 0 Å². The third-order valence-corrected chi connectivity index (χ3v) is 3.32. The molecular formula is C15H18ClN3O. The largest absolute Gasteiger partial charge is 0.359 e. The molecule has 0 aliphatic carbocycles. The van der Waals surface area contributed by atoms with Gasteiger partial charge in [0.05, 0.1) is 6.04 Å². The van der Waals surface area contributed by atoms with E-state index >= 15 is 0 Å². The van der Waals surface area contributed by atoms with Gasteiger partial charge in [-0.3, -0.25) is 4.79 Å². The molecule has 106 valence electrons. The second kappa shape index (κ2) is 6.57. The Balaban J connectivity index is 2.22. The van der Waals surface area contributed by atoms with E-state index in [0.717, 1.165) is 12.0 Å². The highest BCUT2D eigenvalue weighted by atomic mass is 35.5. The molecule has 2 rings (SSSR count). The van der Waals surface area contributed by atoms with Gasteiger partial charge in [-0.1, -0.05) is 30.7 Å². The Morgan fingerprint density at radius 2 is 2.25 bits per heavy atom. The van der Waals surface area contributed by atoms with Crippen LogP contribution >= 0.6 is 11.6 Å². The van der Waals surface area contributed by atoms with Crippen LogP contribution in [0.25, 0.3) is 0 Å². The number of aromatic nitrogens is 2. The van der Waals surface area contributed by atoms with E-state index in [1.54, 1.807) is 17.0 Å². The van der Waals surface area contributed by atoms with Crippen LogP contribution in [0.4, 0.5) is 5.82 Å². The lowest BCUT2D eigenvalue weighted by molar-refractivity contribution is 0.648. The first kappa shape index (κ1) is 14.6. The molecule has 0 saturated carbocycles. The van der Waals surface area contributed by atoms with E-state index < -0.39 is 0 Å². The van der Waals surface area contributed by atoms with Gasteiger partial charge in [-0.05, 0) is 31.0 Å². The van der Waals surface area contributed by atoms with Crippen molar-refractivity contribution in [1.82, 2.24) is 9.55 Å². The number of aryl methyl sites for hydroxylation is 1. The molecule has 1 N–H and O–H groups in total. The average molecular weight is 292 g/mol. The molecule has 0 radical (unpaired) electrons. The Morgan fingerprint density at radius 1 is 1.45 bits per heavy atom. The zero-order valence-electron chi connectivity index (χ0n) is 11.6. The minimum absolute atomic E-state index is 0.0358. The zero-order valence-corrected chi connectivity index (χ0v) is 12.4. The summed E-state index contributed by atoms with van der Waals surface area (Å²) in [5.74, 6) is 0.369. The third-order valence-electron chi connectivity index (χ3n) is 3.08. The summed E-state index contributed by atoms with van der Waals surface area (Å²) in [5.41, 5.74) is 0.924. The van der Waals surface area contributed by atoms with Crippen molar-refractivity contribution in [3.05, 3.63) is 57.6 Å². The lowest BCUT2D eigenvalue weighted by atomic mass is 10.1. The van der Waals surface area contributed by atoms with E-state index in [-0.39, 0.29) is 11.6 Å². The van der Waals surface area contributed by atoms with Crippen LogP contribution in [-0.4, -0.2) is 9.55 Å². The van der Waals surface area contributed by atoms with Gasteiger partial charge in [0.1, 0.15) is 0 Å². The summed E-state index contributed by atoms with van der Waals surface area (Å²) >= 11 is 5.98. The highest BCUT2D eigenvalue weighted by molar-refractivity contribution is 6.30. The molecule has 0 bridgehead atoms. The van der Waals surface area contributed by atoms with Gasteiger partial charge in [-0.15, -0.1) is 0 Å². The Hall–Kier alpha value is -1.81. The average Bonchev–Trinajstić information content (AvgIpc) is 2.43. The second-order valence-corrected chi connectivity index (χ2v) is 5.13. The molecule has 5 heteroatoms. The van der Waals surface area contributed by atoms with Gasteiger partial charge in [-0.25, -0.2) is 4.98 Å².